The number of amides is 5. The molecule has 1 unspecified atom stereocenters. The van der Waals surface area contributed by atoms with Crippen molar-refractivity contribution in [3.8, 4) is 0 Å². The van der Waals surface area contributed by atoms with Crippen molar-refractivity contribution in [2.24, 2.45) is 0 Å². The summed E-state index contributed by atoms with van der Waals surface area (Å²) in [5, 5.41) is 14.9. The lowest BCUT2D eigenvalue weighted by atomic mass is 9.60. The van der Waals surface area contributed by atoms with E-state index in [-0.39, 0.29) is 28.3 Å². The summed E-state index contributed by atoms with van der Waals surface area (Å²) >= 11 is 12.6. The van der Waals surface area contributed by atoms with Crippen molar-refractivity contribution in [1.82, 2.24) is 20.9 Å². The number of aryl methyl sites for hydroxylation is 1. The van der Waals surface area contributed by atoms with Gasteiger partial charge < -0.3 is 20.9 Å². The van der Waals surface area contributed by atoms with E-state index in [1.807, 2.05) is 30.9 Å². The Hall–Kier alpha value is -5.56. The Morgan fingerprint density at radius 1 is 0.950 bits per heavy atom. The van der Waals surface area contributed by atoms with Gasteiger partial charge in [0.2, 0.25) is 23.6 Å². The first kappa shape index (κ1) is 41.2. The molecule has 4 atom stereocenters. The SMILES string of the molecule is C=C1c2cccc(CCCCCNC(=O)c3ccc(NC(=O)[C@@H]4NC(C)(C)[C@@]5(C(=O)Nc6cc(Cl)ccc65)[C@H]4c4cccc(Cl)c4F)cc3)c2CN1C1CCC(=O)NC1=O. The minimum absolute atomic E-state index is 0.124. The molecular weight excluding hydrogens is 806 g/mol. The number of halogens is 3. The number of nitrogens with zero attached hydrogens (tertiary/aromatic N) is 1. The minimum atomic E-state index is -1.42. The number of carbonyl (C=O) groups is 5. The number of anilines is 2. The van der Waals surface area contributed by atoms with Gasteiger partial charge in [0.05, 0.1) is 11.1 Å². The van der Waals surface area contributed by atoms with Crippen LogP contribution >= 0.6 is 23.2 Å². The number of imide groups is 1. The Morgan fingerprint density at radius 2 is 1.72 bits per heavy atom. The Bertz CT molecular complexity index is 2460. The van der Waals surface area contributed by atoms with Crippen LogP contribution in [0.4, 0.5) is 15.8 Å². The zero-order valence-corrected chi connectivity index (χ0v) is 34.7. The van der Waals surface area contributed by atoms with E-state index in [1.54, 1.807) is 54.6 Å². The second-order valence-electron chi connectivity index (χ2n) is 16.4. The predicted octanol–water partition coefficient (Wildman–Crippen LogP) is 7.23. The first-order chi connectivity index (χ1) is 28.7. The molecule has 310 valence electrons. The highest BCUT2D eigenvalue weighted by Gasteiger charge is 2.69. The number of hydrogen-bond donors (Lipinski definition) is 5. The largest absolute Gasteiger partial charge is 0.355 e. The second kappa shape index (κ2) is 16.1. The van der Waals surface area contributed by atoms with Crippen molar-refractivity contribution in [2.45, 2.75) is 87.9 Å². The van der Waals surface area contributed by atoms with Crippen molar-refractivity contribution in [2.75, 3.05) is 17.2 Å². The Kier molecular flexibility index (Phi) is 11.1. The summed E-state index contributed by atoms with van der Waals surface area (Å²) in [5.74, 6) is -3.36. The standard InChI is InChI=1S/C46H45Cl2FN6O5/c1-25-30-11-7-10-26(32(30)24-55(25)36-20-21-37(56)53-42(36)58)9-5-4-6-22-50-41(57)27-14-17-29(18-15-27)51-43(59)40-38(31-12-8-13-34(48)39(31)49)46(45(2,3)54-40)33-19-16-28(47)23-35(33)52-44(46)60/h7-8,10-19,23,36,38,40,54H,1,4-6,9,20-22,24H2,2-3H3,(H,50,57)(H,51,59)(H,52,60)(H,53,56,58)/t36?,38-,40+,46+/m0/s1. The van der Waals surface area contributed by atoms with Crippen molar-refractivity contribution in [1.29, 1.82) is 0 Å². The lowest BCUT2D eigenvalue weighted by Gasteiger charge is -2.40. The lowest BCUT2D eigenvalue weighted by Crippen LogP contribution is -2.55. The van der Waals surface area contributed by atoms with Gasteiger partial charge >= 0.3 is 0 Å². The molecule has 4 aromatic rings. The van der Waals surface area contributed by atoms with Gasteiger partial charge in [-0.15, -0.1) is 0 Å². The number of hydrogen-bond acceptors (Lipinski definition) is 7. The molecular formula is C46H45Cl2FN6O5. The van der Waals surface area contributed by atoms with Crippen molar-refractivity contribution < 1.29 is 28.4 Å². The summed E-state index contributed by atoms with van der Waals surface area (Å²) in [6, 6.07) is 20.8. The Morgan fingerprint density at radius 3 is 2.48 bits per heavy atom. The number of piperidine rings is 1. The van der Waals surface area contributed by atoms with Crippen LogP contribution in [0.5, 0.6) is 0 Å². The number of fused-ring (bicyclic) bond motifs is 3. The molecule has 2 fully saturated rings. The zero-order valence-electron chi connectivity index (χ0n) is 33.2. The van der Waals surface area contributed by atoms with Gasteiger partial charge in [-0.2, -0.15) is 0 Å². The van der Waals surface area contributed by atoms with Crippen LogP contribution < -0.4 is 26.6 Å². The van der Waals surface area contributed by atoms with Gasteiger partial charge in [-0.25, -0.2) is 4.39 Å². The molecule has 4 heterocycles. The molecule has 4 aliphatic heterocycles. The molecule has 4 aliphatic rings. The van der Waals surface area contributed by atoms with Crippen LogP contribution in [0.3, 0.4) is 0 Å². The molecule has 0 saturated carbocycles. The van der Waals surface area contributed by atoms with Gasteiger partial charge in [0, 0.05) is 64.2 Å². The van der Waals surface area contributed by atoms with E-state index in [1.165, 1.54) is 17.2 Å². The molecule has 5 amide bonds. The summed E-state index contributed by atoms with van der Waals surface area (Å²) in [5.41, 5.74) is 3.81. The third-order valence-electron chi connectivity index (χ3n) is 12.6. The molecule has 11 nitrogen and oxygen atoms in total. The monoisotopic (exact) mass is 850 g/mol. The summed E-state index contributed by atoms with van der Waals surface area (Å²) in [4.78, 5) is 67.7. The van der Waals surface area contributed by atoms with E-state index in [4.69, 9.17) is 23.2 Å². The van der Waals surface area contributed by atoms with Crippen LogP contribution in [0.2, 0.25) is 10.0 Å². The van der Waals surface area contributed by atoms with Crippen molar-refractivity contribution >= 4 is 69.8 Å². The van der Waals surface area contributed by atoms with Crippen LogP contribution in [-0.2, 0) is 37.6 Å². The number of carbonyl (C=O) groups excluding carboxylic acids is 5. The molecule has 4 aromatic carbocycles. The van der Waals surface area contributed by atoms with E-state index in [0.717, 1.165) is 36.9 Å². The highest BCUT2D eigenvalue weighted by molar-refractivity contribution is 6.31. The van der Waals surface area contributed by atoms with Crippen molar-refractivity contribution in [3.63, 3.8) is 0 Å². The molecule has 1 spiro atoms. The van der Waals surface area contributed by atoms with Gasteiger partial charge in [-0.1, -0.05) is 72.6 Å². The molecule has 5 N–H and O–H groups in total. The molecule has 60 heavy (non-hydrogen) atoms. The third-order valence-corrected chi connectivity index (χ3v) is 13.1. The van der Waals surface area contributed by atoms with Crippen molar-refractivity contribution in [3.05, 3.63) is 135 Å². The molecule has 8 rings (SSSR count). The van der Waals surface area contributed by atoms with E-state index in [9.17, 15) is 24.0 Å². The summed E-state index contributed by atoms with van der Waals surface area (Å²) < 4.78 is 15.9. The van der Waals surface area contributed by atoms with E-state index >= 15 is 4.39 Å². The molecule has 0 aliphatic carbocycles. The number of benzene rings is 4. The van der Waals surface area contributed by atoms with Crippen LogP contribution in [0.1, 0.15) is 90.0 Å². The van der Waals surface area contributed by atoms with Crippen LogP contribution in [0.25, 0.3) is 5.70 Å². The molecule has 0 bridgehead atoms. The maximum atomic E-state index is 15.9. The second-order valence-corrected chi connectivity index (χ2v) is 17.3. The summed E-state index contributed by atoms with van der Waals surface area (Å²) in [6.45, 7) is 8.96. The summed E-state index contributed by atoms with van der Waals surface area (Å²) in [6.07, 6.45) is 4.22. The maximum Gasteiger partial charge on any atom is 0.251 e. The first-order valence-electron chi connectivity index (χ1n) is 20.1. The fourth-order valence-corrected chi connectivity index (χ4v) is 10.1. The van der Waals surface area contributed by atoms with Gasteiger partial charge in [0.1, 0.15) is 17.3 Å². The third kappa shape index (κ3) is 7.14. The number of unbranched alkanes of at least 4 members (excludes halogenated alkanes) is 2. The fraction of sp³-hybridized carbons (Fsp3) is 0.326. The summed E-state index contributed by atoms with van der Waals surface area (Å²) in [7, 11) is 0. The molecule has 0 aromatic heterocycles. The van der Waals surface area contributed by atoms with E-state index < -0.39 is 46.6 Å². The van der Waals surface area contributed by atoms with E-state index in [0.29, 0.717) is 53.5 Å². The minimum Gasteiger partial charge on any atom is -0.355 e. The zero-order chi connectivity index (χ0) is 42.5. The Balaban J connectivity index is 0.874. The average Bonchev–Trinajstić information content (AvgIpc) is 3.80. The average molecular weight is 852 g/mol. The first-order valence-corrected chi connectivity index (χ1v) is 20.9. The normalized spacial score (nSPS) is 22.7. The topological polar surface area (TPSA) is 149 Å². The van der Waals surface area contributed by atoms with Gasteiger partial charge in [0.25, 0.3) is 5.91 Å². The number of rotatable bonds is 11. The van der Waals surface area contributed by atoms with Gasteiger partial charge in [-0.3, -0.25) is 34.6 Å². The quantitative estimate of drug-likeness (QED) is 0.0791. The molecule has 14 heteroatoms. The molecule has 2 saturated heterocycles. The smallest absolute Gasteiger partial charge is 0.251 e. The van der Waals surface area contributed by atoms with Crippen LogP contribution in [0.15, 0.2) is 85.4 Å². The van der Waals surface area contributed by atoms with Gasteiger partial charge in [-0.05, 0) is 104 Å². The Labute approximate surface area is 357 Å². The van der Waals surface area contributed by atoms with Gasteiger partial charge in [0.15, 0.2) is 0 Å². The fourth-order valence-electron chi connectivity index (χ4n) is 9.72. The highest BCUT2D eigenvalue weighted by atomic mass is 35.5. The highest BCUT2D eigenvalue weighted by Crippen LogP contribution is 2.59. The van der Waals surface area contributed by atoms with E-state index in [2.05, 4.69) is 39.2 Å². The molecule has 0 radical (unpaired) electrons. The predicted molar refractivity (Wildman–Crippen MR) is 229 cm³/mol. The number of nitrogens with one attached hydrogen (secondary N) is 5. The maximum absolute atomic E-state index is 15.9. The van der Waals surface area contributed by atoms with Crippen LogP contribution in [-0.4, -0.2) is 58.6 Å². The lowest BCUT2D eigenvalue weighted by molar-refractivity contribution is -0.136. The van der Waals surface area contributed by atoms with Crippen LogP contribution in [0, 0.1) is 5.82 Å².